The smallest absolute Gasteiger partial charge is 0.0783 e. The first-order valence-corrected chi connectivity index (χ1v) is 2.76. The Morgan fingerprint density at radius 1 is 1.78 bits per heavy atom. The molecule has 1 heterocycles. The minimum absolute atomic E-state index is 0.448. The Morgan fingerprint density at radius 2 is 2.56 bits per heavy atom. The number of hydrogen-bond acceptors (Lipinski definition) is 3. The first-order chi connectivity index (χ1) is 4.34. The van der Waals surface area contributed by atoms with Gasteiger partial charge >= 0.3 is 0 Å². The van der Waals surface area contributed by atoms with Crippen molar-refractivity contribution in [3.63, 3.8) is 0 Å². The van der Waals surface area contributed by atoms with Crippen LogP contribution in [0.25, 0.3) is 0 Å². The summed E-state index contributed by atoms with van der Waals surface area (Å²) >= 11 is 0. The van der Waals surface area contributed by atoms with Crippen LogP contribution in [0.5, 0.6) is 0 Å². The van der Waals surface area contributed by atoms with Crippen molar-refractivity contribution >= 4 is 5.71 Å². The SMILES string of the molecule is N=C1C=CCNC1=CN. The molecule has 0 bridgehead atoms. The maximum Gasteiger partial charge on any atom is 0.0783 e. The Labute approximate surface area is 53.8 Å². The molecule has 0 radical (unpaired) electrons. The van der Waals surface area contributed by atoms with Gasteiger partial charge in [-0.15, -0.1) is 0 Å². The number of nitrogens with two attached hydrogens (primary N) is 1. The summed E-state index contributed by atoms with van der Waals surface area (Å²) in [6.07, 6.45) is 5.02. The van der Waals surface area contributed by atoms with Crippen molar-refractivity contribution in [2.24, 2.45) is 5.73 Å². The molecule has 3 nitrogen and oxygen atoms in total. The Balaban J connectivity index is 2.78. The molecule has 0 saturated carbocycles. The van der Waals surface area contributed by atoms with Gasteiger partial charge in [-0.1, -0.05) is 6.08 Å². The van der Waals surface area contributed by atoms with Crippen LogP contribution in [0.1, 0.15) is 0 Å². The van der Waals surface area contributed by atoms with E-state index in [2.05, 4.69) is 5.32 Å². The van der Waals surface area contributed by atoms with Crippen molar-refractivity contribution in [2.45, 2.75) is 0 Å². The maximum absolute atomic E-state index is 7.25. The van der Waals surface area contributed by atoms with E-state index in [0.717, 1.165) is 6.54 Å². The molecule has 0 unspecified atom stereocenters. The summed E-state index contributed by atoms with van der Waals surface area (Å²) in [6, 6.07) is 0. The molecule has 1 aliphatic heterocycles. The lowest BCUT2D eigenvalue weighted by Crippen LogP contribution is -2.24. The second-order valence-electron chi connectivity index (χ2n) is 1.78. The van der Waals surface area contributed by atoms with Crippen LogP contribution in [0.4, 0.5) is 0 Å². The highest BCUT2D eigenvalue weighted by Gasteiger charge is 2.02. The number of rotatable bonds is 0. The minimum atomic E-state index is 0.448. The van der Waals surface area contributed by atoms with E-state index >= 15 is 0 Å². The predicted octanol–water partition coefficient (Wildman–Crippen LogP) is -0.0343. The van der Waals surface area contributed by atoms with Crippen molar-refractivity contribution in [3.05, 3.63) is 24.0 Å². The Bertz CT molecular complexity index is 179. The van der Waals surface area contributed by atoms with E-state index < -0.39 is 0 Å². The molecule has 0 aromatic carbocycles. The highest BCUT2D eigenvalue weighted by Crippen LogP contribution is 1.96. The second-order valence-corrected chi connectivity index (χ2v) is 1.78. The van der Waals surface area contributed by atoms with Crippen LogP contribution in [-0.4, -0.2) is 12.3 Å². The lowest BCUT2D eigenvalue weighted by atomic mass is 10.2. The summed E-state index contributed by atoms with van der Waals surface area (Å²) in [4.78, 5) is 0. The third kappa shape index (κ3) is 1.10. The van der Waals surface area contributed by atoms with E-state index in [0.29, 0.717) is 11.4 Å². The van der Waals surface area contributed by atoms with E-state index in [-0.39, 0.29) is 0 Å². The summed E-state index contributed by atoms with van der Waals surface area (Å²) in [5.74, 6) is 0. The van der Waals surface area contributed by atoms with Crippen molar-refractivity contribution < 1.29 is 0 Å². The van der Waals surface area contributed by atoms with Gasteiger partial charge in [0.2, 0.25) is 0 Å². The molecule has 3 heteroatoms. The van der Waals surface area contributed by atoms with Crippen molar-refractivity contribution in [1.29, 1.82) is 5.41 Å². The van der Waals surface area contributed by atoms with Crippen LogP contribution < -0.4 is 11.1 Å². The van der Waals surface area contributed by atoms with Crippen LogP contribution in [0.3, 0.4) is 0 Å². The molecule has 1 rings (SSSR count). The number of hydrogen-bond donors (Lipinski definition) is 3. The molecule has 0 saturated heterocycles. The molecule has 0 aromatic rings. The van der Waals surface area contributed by atoms with Crippen LogP contribution in [0.15, 0.2) is 24.0 Å². The van der Waals surface area contributed by atoms with Crippen LogP contribution in [0.2, 0.25) is 0 Å². The topological polar surface area (TPSA) is 61.9 Å². The molecular formula is C6H9N3. The maximum atomic E-state index is 7.25. The monoisotopic (exact) mass is 123 g/mol. The fraction of sp³-hybridized carbons (Fsp3) is 0.167. The third-order valence-electron chi connectivity index (χ3n) is 1.15. The molecular weight excluding hydrogens is 114 g/mol. The molecule has 1 aliphatic rings. The van der Waals surface area contributed by atoms with Gasteiger partial charge in [0.25, 0.3) is 0 Å². The molecule has 0 atom stereocenters. The van der Waals surface area contributed by atoms with Gasteiger partial charge in [-0.3, -0.25) is 5.41 Å². The zero-order valence-corrected chi connectivity index (χ0v) is 5.02. The lowest BCUT2D eigenvalue weighted by molar-refractivity contribution is 0.929. The van der Waals surface area contributed by atoms with Gasteiger partial charge in [0.15, 0.2) is 0 Å². The second kappa shape index (κ2) is 2.35. The molecule has 0 spiro atoms. The lowest BCUT2D eigenvalue weighted by Gasteiger charge is -2.10. The fourth-order valence-corrected chi connectivity index (χ4v) is 0.679. The Kier molecular flexibility index (Phi) is 1.53. The summed E-state index contributed by atoms with van der Waals surface area (Å²) in [5.41, 5.74) is 6.35. The van der Waals surface area contributed by atoms with Gasteiger partial charge in [-0.2, -0.15) is 0 Å². The molecule has 0 fully saturated rings. The summed E-state index contributed by atoms with van der Waals surface area (Å²) in [6.45, 7) is 0.769. The van der Waals surface area contributed by atoms with E-state index in [1.165, 1.54) is 6.20 Å². The molecule has 0 amide bonds. The fourth-order valence-electron chi connectivity index (χ4n) is 0.679. The zero-order chi connectivity index (χ0) is 6.69. The normalized spacial score (nSPS) is 22.2. The van der Waals surface area contributed by atoms with E-state index in [1.54, 1.807) is 6.08 Å². The van der Waals surface area contributed by atoms with E-state index in [4.69, 9.17) is 11.1 Å². The van der Waals surface area contributed by atoms with Gasteiger partial charge in [0, 0.05) is 12.7 Å². The Hall–Kier alpha value is -1.25. The van der Waals surface area contributed by atoms with E-state index in [1.807, 2.05) is 6.08 Å². The predicted molar refractivity (Wildman–Crippen MR) is 37.1 cm³/mol. The Morgan fingerprint density at radius 3 is 3.00 bits per heavy atom. The molecule has 4 N–H and O–H groups in total. The van der Waals surface area contributed by atoms with E-state index in [9.17, 15) is 0 Å². The highest BCUT2D eigenvalue weighted by molar-refractivity contribution is 6.06. The molecule has 0 aliphatic carbocycles. The van der Waals surface area contributed by atoms with Crippen molar-refractivity contribution in [2.75, 3.05) is 6.54 Å². The van der Waals surface area contributed by atoms with Gasteiger partial charge in [-0.25, -0.2) is 0 Å². The van der Waals surface area contributed by atoms with Gasteiger partial charge in [-0.05, 0) is 6.08 Å². The van der Waals surface area contributed by atoms with Crippen LogP contribution in [-0.2, 0) is 0 Å². The summed E-state index contributed by atoms with van der Waals surface area (Å²) in [5, 5.41) is 10.2. The quantitative estimate of drug-likeness (QED) is 0.423. The molecule has 9 heavy (non-hydrogen) atoms. The van der Waals surface area contributed by atoms with Crippen LogP contribution >= 0.6 is 0 Å². The van der Waals surface area contributed by atoms with Gasteiger partial charge in [0.05, 0.1) is 11.4 Å². The largest absolute Gasteiger partial charge is 0.403 e. The average Bonchev–Trinajstić information content (AvgIpc) is 1.89. The van der Waals surface area contributed by atoms with Crippen LogP contribution in [0, 0.1) is 5.41 Å². The van der Waals surface area contributed by atoms with Gasteiger partial charge in [0.1, 0.15) is 0 Å². The number of nitrogens with one attached hydrogen (secondary N) is 2. The number of allylic oxidation sites excluding steroid dienone is 1. The highest BCUT2D eigenvalue weighted by atomic mass is 14.9. The molecule has 0 aromatic heterocycles. The summed E-state index contributed by atoms with van der Waals surface area (Å²) < 4.78 is 0. The summed E-state index contributed by atoms with van der Waals surface area (Å²) in [7, 11) is 0. The first-order valence-electron chi connectivity index (χ1n) is 2.76. The standard InChI is InChI=1S/C6H9N3/c7-4-6-5(8)2-1-3-9-6/h1-2,4,8-9H,3,7H2. The van der Waals surface area contributed by atoms with Gasteiger partial charge < -0.3 is 11.1 Å². The van der Waals surface area contributed by atoms with Crippen molar-refractivity contribution in [3.8, 4) is 0 Å². The zero-order valence-electron chi connectivity index (χ0n) is 5.02. The average molecular weight is 123 g/mol. The van der Waals surface area contributed by atoms with Crippen molar-refractivity contribution in [1.82, 2.24) is 5.32 Å². The first kappa shape index (κ1) is 5.88. The minimum Gasteiger partial charge on any atom is -0.403 e. The molecule has 48 valence electrons. The third-order valence-corrected chi connectivity index (χ3v) is 1.15.